The maximum atomic E-state index is 13.6. The number of halogens is 1. The predicted octanol–water partition coefficient (Wildman–Crippen LogP) is 5.14. The summed E-state index contributed by atoms with van der Waals surface area (Å²) in [6.45, 7) is 0.760. The number of hydrogen-bond acceptors (Lipinski definition) is 7. The number of aromatic amines is 1. The Balaban J connectivity index is 1.19. The predicted molar refractivity (Wildman–Crippen MR) is 179 cm³/mol. The van der Waals surface area contributed by atoms with Crippen molar-refractivity contribution in [2.24, 2.45) is 0 Å². The lowest BCUT2D eigenvalue weighted by atomic mass is 10.1. The normalized spacial score (nSPS) is 14.2. The van der Waals surface area contributed by atoms with Gasteiger partial charge in [0.15, 0.2) is 0 Å². The first kappa shape index (κ1) is 32.1. The summed E-state index contributed by atoms with van der Waals surface area (Å²) >= 11 is 6.62. The first-order valence-corrected chi connectivity index (χ1v) is 15.3. The molecule has 0 spiro atoms. The van der Waals surface area contributed by atoms with Crippen LogP contribution in [0.25, 0.3) is 16.6 Å². The number of rotatable bonds is 8. The van der Waals surface area contributed by atoms with Gasteiger partial charge in [-0.3, -0.25) is 14.4 Å². The lowest BCUT2D eigenvalue weighted by Gasteiger charge is -2.22. The fraction of sp³-hybridized carbons (Fsp3) is 0.206. The number of nitrogens with two attached hydrogens (primary N) is 1. The zero-order chi connectivity index (χ0) is 34.3. The van der Waals surface area contributed by atoms with Gasteiger partial charge in [0.25, 0.3) is 11.8 Å². The van der Waals surface area contributed by atoms with Crippen LogP contribution in [-0.4, -0.2) is 98.5 Å². The Morgan fingerprint density at radius 2 is 1.79 bits per heavy atom. The van der Waals surface area contributed by atoms with E-state index in [1.807, 2.05) is 0 Å². The molecule has 3 amide bonds. The van der Waals surface area contributed by atoms with Gasteiger partial charge in [-0.05, 0) is 55.0 Å². The number of amides is 3. The fourth-order valence-electron chi connectivity index (χ4n) is 5.66. The Labute approximate surface area is 280 Å². The molecule has 5 aromatic rings. The number of nitrogens with zero attached hydrogens (tertiary/aromatic N) is 5. The van der Waals surface area contributed by atoms with E-state index < -0.39 is 11.9 Å². The zero-order valence-corrected chi connectivity index (χ0v) is 27.1. The summed E-state index contributed by atoms with van der Waals surface area (Å²) in [6.07, 6.45) is 0.890. The van der Waals surface area contributed by atoms with Crippen molar-refractivity contribution < 1.29 is 29.0 Å². The monoisotopic (exact) mass is 669 g/mol. The minimum Gasteiger partial charge on any atom is -0.465 e. The molecule has 1 atom stereocenters. The lowest BCUT2D eigenvalue weighted by Crippen LogP contribution is -2.39. The Kier molecular flexibility index (Phi) is 8.54. The molecule has 0 radical (unpaired) electrons. The van der Waals surface area contributed by atoms with Gasteiger partial charge >= 0.3 is 6.09 Å². The summed E-state index contributed by atoms with van der Waals surface area (Å²) in [5, 5.41) is 14.5. The van der Waals surface area contributed by atoms with E-state index in [4.69, 9.17) is 22.1 Å². The Bertz CT molecular complexity index is 2090. The smallest absolute Gasteiger partial charge is 0.407 e. The lowest BCUT2D eigenvalue weighted by molar-refractivity contribution is 0.0776. The third-order valence-electron chi connectivity index (χ3n) is 8.36. The highest BCUT2D eigenvalue weighted by Gasteiger charge is 2.31. The van der Waals surface area contributed by atoms with E-state index in [0.29, 0.717) is 58.7 Å². The highest BCUT2D eigenvalue weighted by Crippen LogP contribution is 2.33. The molecule has 1 aliphatic rings. The molecule has 0 bridgehead atoms. The molecule has 1 unspecified atom stereocenters. The number of carbonyl (C=O) groups is 4. The van der Waals surface area contributed by atoms with Crippen molar-refractivity contribution in [1.29, 1.82) is 0 Å². The molecule has 0 aliphatic carbocycles. The Morgan fingerprint density at radius 1 is 1.02 bits per heavy atom. The number of anilines is 1. The second kappa shape index (κ2) is 12.8. The van der Waals surface area contributed by atoms with Gasteiger partial charge < -0.3 is 35.3 Å². The van der Waals surface area contributed by atoms with Crippen LogP contribution >= 0.6 is 11.6 Å². The van der Waals surface area contributed by atoms with E-state index in [0.717, 1.165) is 0 Å². The SMILES string of the molecule is CN(C)C(=O)c1ccccc1Oc1ccc(-n2ncc(C(=O)c3cc4cc(C(=O)N5CCC(N(C)C(=O)O)C5)ccc4[nH]3)c2N)c(Cl)c1. The number of carbonyl (C=O) groups excluding carboxylic acids is 3. The molecule has 3 heterocycles. The summed E-state index contributed by atoms with van der Waals surface area (Å²) < 4.78 is 7.34. The molecule has 1 fully saturated rings. The number of hydrogen-bond donors (Lipinski definition) is 3. The molecule has 13 nitrogen and oxygen atoms in total. The molecule has 14 heteroatoms. The van der Waals surface area contributed by atoms with Crippen molar-refractivity contribution in [3.63, 3.8) is 0 Å². The molecule has 0 saturated carbocycles. The number of para-hydroxylation sites is 1. The maximum absolute atomic E-state index is 13.6. The van der Waals surface area contributed by atoms with Crippen LogP contribution in [0.3, 0.4) is 0 Å². The summed E-state index contributed by atoms with van der Waals surface area (Å²) in [7, 11) is 4.82. The van der Waals surface area contributed by atoms with E-state index in [9.17, 15) is 24.3 Å². The number of likely N-dealkylation sites (N-methyl/N-ethyl adjacent to an activating group) is 1. The number of benzene rings is 3. The number of nitrogens with one attached hydrogen (secondary N) is 1. The van der Waals surface area contributed by atoms with Crippen LogP contribution in [0.1, 0.15) is 43.2 Å². The highest BCUT2D eigenvalue weighted by molar-refractivity contribution is 6.32. The standard InChI is InChI=1S/C34H32ClN7O6/c1-39(2)33(45)23-6-4-5-7-29(23)48-22-9-11-28(25(35)16-22)42-31(36)24(17-37-42)30(43)27-15-20-14-19(8-10-26(20)38-27)32(44)41-13-12-21(18-41)40(3)34(46)47/h4-11,14-17,21,38H,12-13,18,36H2,1-3H3,(H,46,47). The molecule has 246 valence electrons. The molecule has 48 heavy (non-hydrogen) atoms. The minimum atomic E-state index is -1.03. The fourth-order valence-corrected chi connectivity index (χ4v) is 5.91. The zero-order valence-electron chi connectivity index (χ0n) is 26.3. The van der Waals surface area contributed by atoms with Gasteiger partial charge in [-0.2, -0.15) is 5.10 Å². The summed E-state index contributed by atoms with van der Waals surface area (Å²) in [5.74, 6) is 0.00790. The number of carboxylic acid groups (broad SMARTS) is 1. The molecule has 1 saturated heterocycles. The molecule has 4 N–H and O–H groups in total. The third-order valence-corrected chi connectivity index (χ3v) is 8.66. The molecule has 6 rings (SSSR count). The van der Waals surface area contributed by atoms with E-state index >= 15 is 0 Å². The number of aromatic nitrogens is 3. The van der Waals surface area contributed by atoms with Crippen LogP contribution in [0.2, 0.25) is 5.02 Å². The highest BCUT2D eigenvalue weighted by atomic mass is 35.5. The molecular weight excluding hydrogens is 638 g/mol. The molecule has 1 aliphatic heterocycles. The molecule has 3 aromatic carbocycles. The quantitative estimate of drug-likeness (QED) is 0.191. The van der Waals surface area contributed by atoms with Crippen molar-refractivity contribution in [1.82, 2.24) is 29.5 Å². The van der Waals surface area contributed by atoms with Crippen LogP contribution in [-0.2, 0) is 0 Å². The van der Waals surface area contributed by atoms with Gasteiger partial charge in [0.2, 0.25) is 5.78 Å². The Morgan fingerprint density at radius 3 is 2.52 bits per heavy atom. The van der Waals surface area contributed by atoms with Crippen LogP contribution in [0.15, 0.2) is 72.9 Å². The number of nitrogen functional groups attached to an aromatic ring is 1. The number of ether oxygens (including phenoxy) is 1. The molecule has 2 aromatic heterocycles. The van der Waals surface area contributed by atoms with Gasteiger partial charge in [-0.1, -0.05) is 23.7 Å². The van der Waals surface area contributed by atoms with Crippen molar-refractivity contribution in [2.45, 2.75) is 12.5 Å². The second-order valence-corrected chi connectivity index (χ2v) is 12.1. The summed E-state index contributed by atoms with van der Waals surface area (Å²) in [6, 6.07) is 18.2. The largest absolute Gasteiger partial charge is 0.465 e. The first-order chi connectivity index (χ1) is 22.9. The van der Waals surface area contributed by atoms with Gasteiger partial charge in [0.1, 0.15) is 17.3 Å². The number of likely N-dealkylation sites (tertiary alicyclic amines) is 1. The van der Waals surface area contributed by atoms with Crippen molar-refractivity contribution >= 4 is 52.0 Å². The van der Waals surface area contributed by atoms with Crippen LogP contribution in [0, 0.1) is 0 Å². The Hall–Kier alpha value is -5.82. The van der Waals surface area contributed by atoms with Crippen LogP contribution < -0.4 is 10.5 Å². The van der Waals surface area contributed by atoms with E-state index in [1.54, 1.807) is 85.7 Å². The van der Waals surface area contributed by atoms with Gasteiger partial charge in [0.05, 0.1) is 39.8 Å². The second-order valence-electron chi connectivity index (χ2n) is 11.7. The summed E-state index contributed by atoms with van der Waals surface area (Å²) in [5.41, 5.74) is 8.71. The van der Waals surface area contributed by atoms with E-state index in [2.05, 4.69) is 10.1 Å². The number of ketones is 1. The van der Waals surface area contributed by atoms with E-state index in [-0.39, 0.29) is 40.0 Å². The average Bonchev–Trinajstić information content (AvgIpc) is 3.82. The minimum absolute atomic E-state index is 0.0712. The third kappa shape index (κ3) is 6.02. The first-order valence-electron chi connectivity index (χ1n) is 15.0. The van der Waals surface area contributed by atoms with Crippen LogP contribution in [0.5, 0.6) is 11.5 Å². The van der Waals surface area contributed by atoms with Crippen LogP contribution in [0.4, 0.5) is 10.6 Å². The maximum Gasteiger partial charge on any atom is 0.407 e. The number of H-pyrrole nitrogens is 1. The molecular formula is C34H32ClN7O6. The van der Waals surface area contributed by atoms with E-state index in [1.165, 1.54) is 27.7 Å². The average molecular weight is 670 g/mol. The van der Waals surface area contributed by atoms with Crippen molar-refractivity contribution in [2.75, 3.05) is 40.0 Å². The van der Waals surface area contributed by atoms with Crippen molar-refractivity contribution in [3.8, 4) is 17.2 Å². The topological polar surface area (TPSA) is 167 Å². The van der Waals surface area contributed by atoms with Gasteiger partial charge in [0, 0.05) is 56.8 Å². The summed E-state index contributed by atoms with van der Waals surface area (Å²) in [4.78, 5) is 58.1. The number of fused-ring (bicyclic) bond motifs is 1. The van der Waals surface area contributed by atoms with Gasteiger partial charge in [-0.15, -0.1) is 0 Å². The van der Waals surface area contributed by atoms with Gasteiger partial charge in [-0.25, -0.2) is 9.48 Å². The van der Waals surface area contributed by atoms with Crippen molar-refractivity contribution in [3.05, 3.63) is 100 Å².